The monoisotopic (exact) mass is 219 g/mol. The molecule has 0 atom stereocenters. The molecular weight excluding hydrogens is 209 g/mol. The summed E-state index contributed by atoms with van der Waals surface area (Å²) in [5.41, 5.74) is 7.56. The number of aromatic nitrogens is 2. The normalized spacial score (nSPS) is 10.4. The van der Waals surface area contributed by atoms with Crippen molar-refractivity contribution >= 4 is 12.1 Å². The maximum Gasteiger partial charge on any atom is 0.150 e. The number of rotatable bonds is 2. The van der Waals surface area contributed by atoms with Crippen LogP contribution in [0.3, 0.4) is 0 Å². The first-order chi connectivity index (χ1) is 7.63. The molecule has 0 amide bonds. The first-order valence-electron chi connectivity index (χ1n) is 4.68. The fraction of sp³-hybridized carbons (Fsp3) is 0.0909. The van der Waals surface area contributed by atoms with Crippen LogP contribution in [-0.2, 0) is 0 Å². The minimum absolute atomic E-state index is 0.260. The highest BCUT2D eigenvalue weighted by Crippen LogP contribution is 2.28. The first kappa shape index (κ1) is 10.4. The number of nitrogens with zero attached hydrogens (tertiary/aromatic N) is 1. The second-order valence-electron chi connectivity index (χ2n) is 3.50. The van der Waals surface area contributed by atoms with Crippen molar-refractivity contribution < 1.29 is 9.18 Å². The van der Waals surface area contributed by atoms with Gasteiger partial charge in [-0.2, -0.15) is 5.10 Å². The van der Waals surface area contributed by atoms with Crippen LogP contribution in [0.25, 0.3) is 11.1 Å². The number of hydrogen-bond acceptors (Lipinski definition) is 3. The van der Waals surface area contributed by atoms with Gasteiger partial charge in [0, 0.05) is 11.1 Å². The predicted octanol–water partition coefficient (Wildman–Crippen LogP) is 1.92. The lowest BCUT2D eigenvalue weighted by atomic mass is 10.00. The summed E-state index contributed by atoms with van der Waals surface area (Å²) in [6, 6.07) is 2.78. The molecule has 0 aliphatic heterocycles. The number of nitrogens with one attached hydrogen (secondary N) is 1. The quantitative estimate of drug-likeness (QED) is 0.758. The molecule has 0 bridgehead atoms. The molecule has 0 fully saturated rings. The van der Waals surface area contributed by atoms with Crippen molar-refractivity contribution in [1.29, 1.82) is 0 Å². The third-order valence-electron chi connectivity index (χ3n) is 2.42. The zero-order valence-corrected chi connectivity index (χ0v) is 8.62. The fourth-order valence-electron chi connectivity index (χ4n) is 1.54. The summed E-state index contributed by atoms with van der Waals surface area (Å²) in [5, 5.41) is 6.34. The second-order valence-corrected chi connectivity index (χ2v) is 3.50. The van der Waals surface area contributed by atoms with Gasteiger partial charge in [-0.1, -0.05) is 0 Å². The summed E-state index contributed by atoms with van der Waals surface area (Å²) in [6.07, 6.45) is 2.11. The maximum atomic E-state index is 13.3. The van der Waals surface area contributed by atoms with Gasteiger partial charge in [0.1, 0.15) is 11.6 Å². The molecule has 0 spiro atoms. The second kappa shape index (κ2) is 3.77. The van der Waals surface area contributed by atoms with E-state index in [1.807, 2.05) is 0 Å². The molecule has 1 aromatic carbocycles. The van der Waals surface area contributed by atoms with E-state index < -0.39 is 5.82 Å². The Balaban J connectivity index is 2.69. The topological polar surface area (TPSA) is 71.8 Å². The number of nitrogen functional groups attached to an aromatic ring is 1. The molecule has 0 unspecified atom stereocenters. The SMILES string of the molecule is Cc1cc(-c2cn[nH]c2N)c(C=O)cc1F. The van der Waals surface area contributed by atoms with Crippen LogP contribution in [0.4, 0.5) is 10.2 Å². The molecule has 3 N–H and O–H groups in total. The van der Waals surface area contributed by atoms with Gasteiger partial charge in [0.15, 0.2) is 6.29 Å². The number of carbonyl (C=O) groups is 1. The lowest BCUT2D eigenvalue weighted by Crippen LogP contribution is -1.95. The van der Waals surface area contributed by atoms with Crippen LogP contribution in [-0.4, -0.2) is 16.5 Å². The molecule has 4 nitrogen and oxygen atoms in total. The number of benzene rings is 1. The number of aldehydes is 1. The summed E-state index contributed by atoms with van der Waals surface area (Å²) < 4.78 is 13.3. The van der Waals surface area contributed by atoms with Crippen molar-refractivity contribution in [2.24, 2.45) is 0 Å². The number of aromatic amines is 1. The molecule has 2 rings (SSSR count). The predicted molar refractivity (Wildman–Crippen MR) is 58.5 cm³/mol. The lowest BCUT2D eigenvalue weighted by molar-refractivity contribution is 0.112. The van der Waals surface area contributed by atoms with Crippen LogP contribution in [0, 0.1) is 12.7 Å². The Labute approximate surface area is 91.3 Å². The van der Waals surface area contributed by atoms with E-state index in [2.05, 4.69) is 10.2 Å². The van der Waals surface area contributed by atoms with Crippen molar-refractivity contribution in [2.75, 3.05) is 5.73 Å². The molecule has 0 saturated carbocycles. The van der Waals surface area contributed by atoms with Crippen molar-refractivity contribution in [1.82, 2.24) is 10.2 Å². The van der Waals surface area contributed by atoms with Crippen LogP contribution in [0.15, 0.2) is 18.3 Å². The molecule has 16 heavy (non-hydrogen) atoms. The van der Waals surface area contributed by atoms with E-state index in [0.29, 0.717) is 28.8 Å². The Bertz CT molecular complexity index is 548. The molecule has 0 saturated heterocycles. The average Bonchev–Trinajstić information content (AvgIpc) is 2.68. The molecule has 1 aromatic heterocycles. The van der Waals surface area contributed by atoms with Gasteiger partial charge in [-0.25, -0.2) is 4.39 Å². The number of H-pyrrole nitrogens is 1. The van der Waals surface area contributed by atoms with E-state index in [-0.39, 0.29) is 5.56 Å². The molecular formula is C11H10FN3O. The smallest absolute Gasteiger partial charge is 0.150 e. The van der Waals surface area contributed by atoms with Crippen LogP contribution in [0.5, 0.6) is 0 Å². The number of anilines is 1. The Morgan fingerprint density at radius 2 is 2.19 bits per heavy atom. The van der Waals surface area contributed by atoms with Crippen LogP contribution >= 0.6 is 0 Å². The minimum atomic E-state index is -0.409. The zero-order valence-electron chi connectivity index (χ0n) is 8.62. The third kappa shape index (κ3) is 1.56. The maximum absolute atomic E-state index is 13.3. The number of carbonyl (C=O) groups excluding carboxylic acids is 1. The Hall–Kier alpha value is -2.17. The molecule has 0 aliphatic rings. The van der Waals surface area contributed by atoms with E-state index in [9.17, 15) is 9.18 Å². The Kier molecular flexibility index (Phi) is 2.44. The van der Waals surface area contributed by atoms with Crippen LogP contribution in [0.1, 0.15) is 15.9 Å². The number of halogens is 1. The highest BCUT2D eigenvalue weighted by molar-refractivity contribution is 5.90. The average molecular weight is 219 g/mol. The largest absolute Gasteiger partial charge is 0.384 e. The van der Waals surface area contributed by atoms with Crippen molar-refractivity contribution in [3.63, 3.8) is 0 Å². The number of nitrogens with two attached hydrogens (primary N) is 1. The molecule has 0 radical (unpaired) electrons. The van der Waals surface area contributed by atoms with Gasteiger partial charge in [0.25, 0.3) is 0 Å². The van der Waals surface area contributed by atoms with E-state index >= 15 is 0 Å². The van der Waals surface area contributed by atoms with Crippen LogP contribution in [0.2, 0.25) is 0 Å². The standard InChI is InChI=1S/C11H10FN3O/c1-6-2-8(7(5-16)3-10(6)12)9-4-14-15-11(9)13/h2-5H,1H3,(H3,13,14,15). The minimum Gasteiger partial charge on any atom is -0.384 e. The van der Waals surface area contributed by atoms with Gasteiger partial charge in [-0.15, -0.1) is 0 Å². The zero-order chi connectivity index (χ0) is 11.7. The summed E-state index contributed by atoms with van der Waals surface area (Å²) in [5.74, 6) is -0.0537. The number of aryl methyl sites for hydroxylation is 1. The van der Waals surface area contributed by atoms with Gasteiger partial charge in [-0.05, 0) is 30.2 Å². The summed E-state index contributed by atoms with van der Waals surface area (Å²) in [4.78, 5) is 10.9. The van der Waals surface area contributed by atoms with Gasteiger partial charge < -0.3 is 5.73 Å². The summed E-state index contributed by atoms with van der Waals surface area (Å²) in [7, 11) is 0. The first-order valence-corrected chi connectivity index (χ1v) is 4.68. The van der Waals surface area contributed by atoms with E-state index in [0.717, 1.165) is 0 Å². The van der Waals surface area contributed by atoms with Crippen molar-refractivity contribution in [3.05, 3.63) is 35.3 Å². The Morgan fingerprint density at radius 3 is 2.75 bits per heavy atom. The Morgan fingerprint density at radius 1 is 1.44 bits per heavy atom. The summed E-state index contributed by atoms with van der Waals surface area (Å²) >= 11 is 0. The molecule has 0 aliphatic carbocycles. The number of hydrogen-bond donors (Lipinski definition) is 2. The van der Waals surface area contributed by atoms with Gasteiger partial charge in [0.05, 0.1) is 6.20 Å². The summed E-state index contributed by atoms with van der Waals surface area (Å²) in [6.45, 7) is 1.63. The highest BCUT2D eigenvalue weighted by Gasteiger charge is 2.12. The van der Waals surface area contributed by atoms with E-state index in [1.165, 1.54) is 12.3 Å². The molecule has 1 heterocycles. The van der Waals surface area contributed by atoms with Gasteiger partial charge in [-0.3, -0.25) is 9.89 Å². The molecule has 82 valence electrons. The third-order valence-corrected chi connectivity index (χ3v) is 2.42. The van der Waals surface area contributed by atoms with Crippen molar-refractivity contribution in [3.8, 4) is 11.1 Å². The molecule has 2 aromatic rings. The van der Waals surface area contributed by atoms with E-state index in [4.69, 9.17) is 5.73 Å². The van der Waals surface area contributed by atoms with Crippen LogP contribution < -0.4 is 5.73 Å². The van der Waals surface area contributed by atoms with Crippen molar-refractivity contribution in [2.45, 2.75) is 6.92 Å². The molecule has 5 heteroatoms. The van der Waals surface area contributed by atoms with Gasteiger partial charge in [0.2, 0.25) is 0 Å². The highest BCUT2D eigenvalue weighted by atomic mass is 19.1. The van der Waals surface area contributed by atoms with Gasteiger partial charge >= 0.3 is 0 Å². The lowest BCUT2D eigenvalue weighted by Gasteiger charge is -2.06. The van der Waals surface area contributed by atoms with E-state index in [1.54, 1.807) is 13.0 Å². The fourth-order valence-corrected chi connectivity index (χ4v) is 1.54.